The third-order valence-electron chi connectivity index (χ3n) is 2.85. The predicted molar refractivity (Wildman–Crippen MR) is 72.7 cm³/mol. The van der Waals surface area contributed by atoms with Crippen molar-refractivity contribution in [2.24, 2.45) is 0 Å². The predicted octanol–water partition coefficient (Wildman–Crippen LogP) is 2.74. The van der Waals surface area contributed by atoms with Crippen molar-refractivity contribution in [2.75, 3.05) is 6.79 Å². The molecule has 7 nitrogen and oxygen atoms in total. The summed E-state index contributed by atoms with van der Waals surface area (Å²) in [6, 6.07) is 6.09. The second-order valence-electron chi connectivity index (χ2n) is 4.14. The SMILES string of the molecule is O=C(OCc1cc2c(cc1[N+](=O)[O-])OCO2)c1cccs1. The molecule has 1 aromatic heterocycles. The molecule has 0 radical (unpaired) electrons. The van der Waals surface area contributed by atoms with Gasteiger partial charge >= 0.3 is 5.97 Å². The molecule has 8 heteroatoms. The summed E-state index contributed by atoms with van der Waals surface area (Å²) in [5, 5.41) is 12.8. The van der Waals surface area contributed by atoms with E-state index >= 15 is 0 Å². The van der Waals surface area contributed by atoms with Gasteiger partial charge in [-0.2, -0.15) is 0 Å². The maximum atomic E-state index is 11.8. The molecule has 0 atom stereocenters. The van der Waals surface area contributed by atoms with Gasteiger partial charge in [0.2, 0.25) is 6.79 Å². The van der Waals surface area contributed by atoms with Crippen LogP contribution in [-0.2, 0) is 11.3 Å². The van der Waals surface area contributed by atoms with Crippen LogP contribution in [0.4, 0.5) is 5.69 Å². The van der Waals surface area contributed by atoms with Crippen LogP contribution in [0.3, 0.4) is 0 Å². The van der Waals surface area contributed by atoms with Crippen LogP contribution in [0.5, 0.6) is 11.5 Å². The van der Waals surface area contributed by atoms with Crippen molar-refractivity contribution in [3.05, 3.63) is 50.2 Å². The van der Waals surface area contributed by atoms with Crippen LogP contribution < -0.4 is 9.47 Å². The Morgan fingerprint density at radius 1 is 1.38 bits per heavy atom. The quantitative estimate of drug-likeness (QED) is 0.490. The molecular formula is C13H9NO6S. The van der Waals surface area contributed by atoms with Crippen molar-refractivity contribution in [3.63, 3.8) is 0 Å². The van der Waals surface area contributed by atoms with E-state index in [4.69, 9.17) is 14.2 Å². The highest BCUT2D eigenvalue weighted by Crippen LogP contribution is 2.38. The molecule has 0 fully saturated rings. The van der Waals surface area contributed by atoms with E-state index in [1.165, 1.54) is 23.5 Å². The number of rotatable bonds is 4. The van der Waals surface area contributed by atoms with Gasteiger partial charge in [0.1, 0.15) is 11.5 Å². The van der Waals surface area contributed by atoms with Crippen LogP contribution in [-0.4, -0.2) is 17.7 Å². The van der Waals surface area contributed by atoms with Crippen LogP contribution in [0.2, 0.25) is 0 Å². The number of benzene rings is 1. The van der Waals surface area contributed by atoms with Gasteiger partial charge in [-0.15, -0.1) is 11.3 Å². The van der Waals surface area contributed by atoms with E-state index in [1.54, 1.807) is 17.5 Å². The molecule has 1 aliphatic heterocycles. The number of carbonyl (C=O) groups excluding carboxylic acids is 1. The second kappa shape index (κ2) is 5.41. The van der Waals surface area contributed by atoms with E-state index < -0.39 is 10.9 Å². The number of hydrogen-bond donors (Lipinski definition) is 0. The first-order chi connectivity index (χ1) is 10.1. The van der Waals surface area contributed by atoms with Crippen LogP contribution in [0.25, 0.3) is 0 Å². The number of fused-ring (bicyclic) bond motifs is 1. The van der Waals surface area contributed by atoms with Crippen molar-refractivity contribution in [3.8, 4) is 11.5 Å². The lowest BCUT2D eigenvalue weighted by molar-refractivity contribution is -0.385. The summed E-state index contributed by atoms with van der Waals surface area (Å²) in [5.74, 6) is 0.203. The third-order valence-corrected chi connectivity index (χ3v) is 3.70. The fourth-order valence-corrected chi connectivity index (χ4v) is 2.48. The number of esters is 1. The summed E-state index contributed by atoms with van der Waals surface area (Å²) < 4.78 is 15.4. The van der Waals surface area contributed by atoms with E-state index in [0.717, 1.165) is 0 Å². The Kier molecular flexibility index (Phi) is 3.44. The molecule has 0 unspecified atom stereocenters. The molecule has 0 N–H and O–H groups in total. The molecule has 3 rings (SSSR count). The van der Waals surface area contributed by atoms with Gasteiger partial charge < -0.3 is 14.2 Å². The van der Waals surface area contributed by atoms with Crippen molar-refractivity contribution < 1.29 is 23.9 Å². The molecule has 0 amide bonds. The number of nitro benzene ring substituents is 1. The van der Waals surface area contributed by atoms with Gasteiger partial charge in [-0.25, -0.2) is 4.79 Å². The number of hydrogen-bond acceptors (Lipinski definition) is 7. The summed E-state index contributed by atoms with van der Waals surface area (Å²) in [7, 11) is 0. The lowest BCUT2D eigenvalue weighted by atomic mass is 10.1. The Labute approximate surface area is 122 Å². The van der Waals surface area contributed by atoms with Crippen LogP contribution >= 0.6 is 11.3 Å². The van der Waals surface area contributed by atoms with Gasteiger partial charge in [-0.05, 0) is 17.5 Å². The van der Waals surface area contributed by atoms with Crippen LogP contribution in [0.1, 0.15) is 15.2 Å². The molecule has 0 saturated heterocycles. The molecule has 2 heterocycles. The lowest BCUT2D eigenvalue weighted by Gasteiger charge is -2.06. The Balaban J connectivity index is 1.81. The third kappa shape index (κ3) is 2.65. The van der Waals surface area contributed by atoms with E-state index in [0.29, 0.717) is 16.4 Å². The average Bonchev–Trinajstić information content (AvgIpc) is 3.13. The van der Waals surface area contributed by atoms with Gasteiger partial charge in [0.15, 0.2) is 11.5 Å². The minimum Gasteiger partial charge on any atom is -0.456 e. The first-order valence-corrected chi connectivity index (χ1v) is 6.80. The van der Waals surface area contributed by atoms with Crippen LogP contribution in [0.15, 0.2) is 29.6 Å². The highest BCUT2D eigenvalue weighted by Gasteiger charge is 2.24. The number of nitrogens with zero attached hydrogens (tertiary/aromatic N) is 1. The molecule has 1 aromatic carbocycles. The van der Waals surface area contributed by atoms with E-state index in [-0.39, 0.29) is 24.7 Å². The van der Waals surface area contributed by atoms with Crippen LogP contribution in [0, 0.1) is 10.1 Å². The second-order valence-corrected chi connectivity index (χ2v) is 5.09. The standard InChI is InChI=1S/C13H9NO6S/c15-13(12-2-1-3-21-12)18-6-8-4-10-11(20-7-19-10)5-9(8)14(16)17/h1-5H,6-7H2. The van der Waals surface area contributed by atoms with Crippen molar-refractivity contribution in [1.29, 1.82) is 0 Å². The smallest absolute Gasteiger partial charge is 0.348 e. The van der Waals surface area contributed by atoms with Gasteiger partial charge in [0, 0.05) is 0 Å². The van der Waals surface area contributed by atoms with Crippen molar-refractivity contribution >= 4 is 23.0 Å². The highest BCUT2D eigenvalue weighted by molar-refractivity contribution is 7.11. The molecule has 1 aliphatic rings. The Morgan fingerprint density at radius 2 is 2.14 bits per heavy atom. The average molecular weight is 307 g/mol. The van der Waals surface area contributed by atoms with Gasteiger partial charge in [0.25, 0.3) is 5.69 Å². The van der Waals surface area contributed by atoms with E-state index in [1.807, 2.05) is 0 Å². The summed E-state index contributed by atoms with van der Waals surface area (Å²) in [4.78, 5) is 22.7. The van der Waals surface area contributed by atoms with E-state index in [2.05, 4.69) is 0 Å². The fourth-order valence-electron chi connectivity index (χ4n) is 1.87. The first kappa shape index (κ1) is 13.4. The molecule has 108 valence electrons. The molecule has 0 aliphatic carbocycles. The molecular weight excluding hydrogens is 298 g/mol. The molecule has 0 saturated carbocycles. The Bertz CT molecular complexity index is 697. The summed E-state index contributed by atoms with van der Waals surface area (Å²) >= 11 is 1.24. The number of thiophene rings is 1. The Hall–Kier alpha value is -2.61. The summed E-state index contributed by atoms with van der Waals surface area (Å²) in [5.41, 5.74) is 0.0902. The largest absolute Gasteiger partial charge is 0.456 e. The lowest BCUT2D eigenvalue weighted by Crippen LogP contribution is -2.05. The van der Waals surface area contributed by atoms with Gasteiger partial charge in [-0.3, -0.25) is 10.1 Å². The number of nitro groups is 1. The molecule has 0 bridgehead atoms. The number of carbonyl (C=O) groups is 1. The summed E-state index contributed by atoms with van der Waals surface area (Å²) in [6.45, 7) is -0.186. The number of ether oxygens (including phenoxy) is 3. The zero-order valence-corrected chi connectivity index (χ0v) is 11.4. The fraction of sp³-hybridized carbons (Fsp3) is 0.154. The normalized spacial score (nSPS) is 12.2. The topological polar surface area (TPSA) is 87.9 Å². The van der Waals surface area contributed by atoms with E-state index in [9.17, 15) is 14.9 Å². The molecule has 0 spiro atoms. The van der Waals surface area contributed by atoms with Gasteiger partial charge in [0.05, 0.1) is 16.6 Å². The van der Waals surface area contributed by atoms with Crippen molar-refractivity contribution in [1.82, 2.24) is 0 Å². The minimum absolute atomic E-state index is 0.0188. The Morgan fingerprint density at radius 3 is 2.81 bits per heavy atom. The summed E-state index contributed by atoms with van der Waals surface area (Å²) in [6.07, 6.45) is 0. The molecule has 21 heavy (non-hydrogen) atoms. The minimum atomic E-state index is -0.545. The monoisotopic (exact) mass is 307 g/mol. The zero-order valence-electron chi connectivity index (χ0n) is 10.6. The maximum Gasteiger partial charge on any atom is 0.348 e. The first-order valence-electron chi connectivity index (χ1n) is 5.92. The van der Waals surface area contributed by atoms with Crippen molar-refractivity contribution in [2.45, 2.75) is 6.61 Å². The maximum absolute atomic E-state index is 11.8. The molecule has 2 aromatic rings. The zero-order chi connectivity index (χ0) is 14.8. The van der Waals surface area contributed by atoms with Gasteiger partial charge in [-0.1, -0.05) is 6.07 Å². The highest BCUT2D eigenvalue weighted by atomic mass is 32.1.